The van der Waals surface area contributed by atoms with E-state index in [9.17, 15) is 73.5 Å². The number of Topliss-reactive ketones (excluding diaryl/α,β-unsaturated/α-hetero) is 1. The maximum absolute atomic E-state index is 14.3. The van der Waals surface area contributed by atoms with Crippen molar-refractivity contribution < 1.29 is 87.7 Å². The van der Waals surface area contributed by atoms with Crippen molar-refractivity contribution in [1.82, 2.24) is 36.8 Å². The van der Waals surface area contributed by atoms with Gasteiger partial charge in [-0.3, -0.25) is 47.9 Å². The third-order valence-electron chi connectivity index (χ3n) is 14.8. The zero-order valence-corrected chi connectivity index (χ0v) is 46.4. The number of phenolic OH excluding ortho intramolecular Hbond substituents is 2. The second kappa shape index (κ2) is 26.0. The molecule has 7 amide bonds. The Kier molecular flexibility index (Phi) is 20.2. The molecule has 2 fully saturated rings. The number of carbonyl (C=O) groups is 10. The zero-order valence-electron chi connectivity index (χ0n) is 46.4. The summed E-state index contributed by atoms with van der Waals surface area (Å²) in [7, 11) is 1.28. The molecule has 2 aliphatic carbocycles. The maximum atomic E-state index is 14.3. The lowest BCUT2D eigenvalue weighted by Crippen LogP contribution is -2.60. The molecule has 2 aromatic carbocycles. The standard InChI is InChI=1S/C55H75N7O18/c1-24(2)16-32(58-38(66)21-57-54(76)45(26(5)6)61-53(75)34-13-11-15-62(34)39(67)22-56-28(8)64)51(73)60-33(17-25(3)4)52(74)59-31-18-40(79-27(7)46(31)68)80-36-20-55(77,37(65)23-63)19-30-42(36)50(72)44-43(48(30)70)47(69)29-12-10-14-35(78-9)41(29)49(44)71/h10,12,14,24-27,31-34,36,40,45-46,63,68,70,72,77H,11,13,15-23H2,1-9H3,(H,56,64)(H,57,76)(H,58,66)(H,59,74)(H,60,73)(H,61,75)/t27-,31-,32-,33-,34-,36-,40-,45-,46+,55-/m0/s1. The smallest absolute Gasteiger partial charge is 0.243 e. The van der Waals surface area contributed by atoms with Crippen molar-refractivity contribution in [2.24, 2.45) is 17.8 Å². The summed E-state index contributed by atoms with van der Waals surface area (Å²) in [6, 6.07) is -1.38. The molecule has 0 saturated carbocycles. The van der Waals surface area contributed by atoms with Crippen LogP contribution in [0.3, 0.4) is 0 Å². The third-order valence-corrected chi connectivity index (χ3v) is 14.8. The monoisotopic (exact) mass is 1120 g/mol. The largest absolute Gasteiger partial charge is 0.507 e. The minimum Gasteiger partial charge on any atom is -0.507 e. The van der Waals surface area contributed by atoms with Gasteiger partial charge in [-0.15, -0.1) is 0 Å². The average Bonchev–Trinajstić information content (AvgIpc) is 4.05. The summed E-state index contributed by atoms with van der Waals surface area (Å²) in [6.07, 6.45) is -6.12. The summed E-state index contributed by atoms with van der Waals surface area (Å²) >= 11 is 0. The summed E-state index contributed by atoms with van der Waals surface area (Å²) in [5.41, 5.74) is -4.52. The number of ether oxygens (including phenoxy) is 3. The lowest BCUT2D eigenvalue weighted by atomic mass is 9.72. The summed E-state index contributed by atoms with van der Waals surface area (Å²) < 4.78 is 17.7. The molecule has 25 nitrogen and oxygen atoms in total. The Hall–Kier alpha value is -7.06. The predicted molar refractivity (Wildman–Crippen MR) is 282 cm³/mol. The molecule has 80 heavy (non-hydrogen) atoms. The molecule has 0 aromatic heterocycles. The van der Waals surface area contributed by atoms with Crippen LogP contribution in [-0.4, -0.2) is 177 Å². The zero-order chi connectivity index (χ0) is 59.2. The molecular weight excluding hydrogens is 1050 g/mol. The van der Waals surface area contributed by atoms with Gasteiger partial charge in [-0.1, -0.05) is 53.7 Å². The quantitative estimate of drug-likeness (QED) is 0.0571. The Morgan fingerprint density at radius 2 is 1.49 bits per heavy atom. The highest BCUT2D eigenvalue weighted by Crippen LogP contribution is 2.52. The highest BCUT2D eigenvalue weighted by atomic mass is 16.7. The van der Waals surface area contributed by atoms with Crippen LogP contribution < -0.4 is 36.6 Å². The molecule has 0 bridgehead atoms. The number of phenols is 2. The van der Waals surface area contributed by atoms with E-state index in [1.54, 1.807) is 41.5 Å². The van der Waals surface area contributed by atoms with Crippen LogP contribution in [0.15, 0.2) is 18.2 Å². The summed E-state index contributed by atoms with van der Waals surface area (Å²) in [6.45, 7) is 11.6. The summed E-state index contributed by atoms with van der Waals surface area (Å²) in [4.78, 5) is 135. The van der Waals surface area contributed by atoms with Crippen molar-refractivity contribution in [2.45, 2.75) is 161 Å². The van der Waals surface area contributed by atoms with Crippen LogP contribution in [0, 0.1) is 17.8 Å². The molecule has 2 aromatic rings. The van der Waals surface area contributed by atoms with Gasteiger partial charge in [-0.05, 0) is 56.4 Å². The second-order valence-electron chi connectivity index (χ2n) is 22.2. The number of aliphatic hydroxyl groups excluding tert-OH is 2. The molecule has 4 aliphatic rings. The van der Waals surface area contributed by atoms with Crippen LogP contribution >= 0.6 is 0 Å². The number of likely N-dealkylation sites (tertiary alicyclic amines) is 1. The van der Waals surface area contributed by atoms with Crippen LogP contribution in [0.2, 0.25) is 0 Å². The topological polar surface area (TPSA) is 375 Å². The Balaban J connectivity index is 1.15. The van der Waals surface area contributed by atoms with Crippen LogP contribution in [0.5, 0.6) is 17.2 Å². The van der Waals surface area contributed by atoms with E-state index in [1.165, 1.54) is 44.1 Å². The molecule has 2 heterocycles. The number of rotatable bonds is 22. The average molecular weight is 1120 g/mol. The van der Waals surface area contributed by atoms with Crippen molar-refractivity contribution in [3.63, 3.8) is 0 Å². The molecule has 438 valence electrons. The summed E-state index contributed by atoms with van der Waals surface area (Å²) in [5.74, 6) is -9.63. The lowest BCUT2D eigenvalue weighted by molar-refractivity contribution is -0.249. The van der Waals surface area contributed by atoms with E-state index in [0.717, 1.165) is 0 Å². The van der Waals surface area contributed by atoms with E-state index in [-0.39, 0.29) is 72.2 Å². The van der Waals surface area contributed by atoms with Gasteiger partial charge in [0, 0.05) is 49.4 Å². The highest BCUT2D eigenvalue weighted by molar-refractivity contribution is 6.31. The van der Waals surface area contributed by atoms with Gasteiger partial charge in [-0.2, -0.15) is 0 Å². The fourth-order valence-electron chi connectivity index (χ4n) is 10.8. The maximum Gasteiger partial charge on any atom is 0.243 e. The molecule has 10 atom stereocenters. The van der Waals surface area contributed by atoms with E-state index in [4.69, 9.17) is 14.2 Å². The van der Waals surface area contributed by atoms with Gasteiger partial charge in [0.15, 0.2) is 17.9 Å². The fraction of sp³-hybridized carbons (Fsp3) is 0.600. The van der Waals surface area contributed by atoms with Crippen molar-refractivity contribution >= 4 is 58.7 Å². The van der Waals surface area contributed by atoms with E-state index >= 15 is 0 Å². The molecule has 11 N–H and O–H groups in total. The number of hydrogen-bond acceptors (Lipinski definition) is 18. The number of hydrogen-bond donors (Lipinski definition) is 11. The minimum atomic E-state index is -2.44. The number of methoxy groups -OCH3 is 1. The van der Waals surface area contributed by atoms with Gasteiger partial charge >= 0.3 is 0 Å². The first-order valence-corrected chi connectivity index (χ1v) is 26.9. The lowest BCUT2D eigenvalue weighted by Gasteiger charge is -2.43. The van der Waals surface area contributed by atoms with E-state index in [0.29, 0.717) is 12.8 Å². The predicted octanol–water partition coefficient (Wildman–Crippen LogP) is -0.395. The first-order valence-electron chi connectivity index (χ1n) is 26.9. The molecule has 0 spiro atoms. The molecule has 0 unspecified atom stereocenters. The summed E-state index contributed by atoms with van der Waals surface area (Å²) in [5, 5.41) is 72.6. The van der Waals surface area contributed by atoms with E-state index in [1.807, 2.05) is 0 Å². The Morgan fingerprint density at radius 3 is 2.10 bits per heavy atom. The number of amides is 7. The highest BCUT2D eigenvalue weighted by Gasteiger charge is 2.51. The molecular formula is C55H75N7O18. The number of ketones is 3. The van der Waals surface area contributed by atoms with Gasteiger partial charge in [0.2, 0.25) is 47.1 Å². The number of aliphatic hydroxyl groups is 3. The Bertz CT molecular complexity index is 2770. The first-order chi connectivity index (χ1) is 37.6. The number of fused-ring (bicyclic) bond motifs is 3. The van der Waals surface area contributed by atoms with Gasteiger partial charge in [0.05, 0.1) is 55.1 Å². The van der Waals surface area contributed by atoms with E-state index < -0.39 is 174 Å². The minimum absolute atomic E-state index is 0.0130. The second-order valence-corrected chi connectivity index (χ2v) is 22.2. The van der Waals surface area contributed by atoms with Crippen LogP contribution in [0.1, 0.15) is 143 Å². The number of nitrogens with one attached hydrogen (secondary N) is 6. The molecule has 0 radical (unpaired) electrons. The first kappa shape index (κ1) is 62.1. The number of benzene rings is 2. The Morgan fingerprint density at radius 1 is 0.838 bits per heavy atom. The van der Waals surface area contributed by atoms with Crippen molar-refractivity contribution in [3.8, 4) is 17.2 Å². The van der Waals surface area contributed by atoms with Gasteiger partial charge in [0.1, 0.15) is 59.7 Å². The third kappa shape index (κ3) is 13.7. The number of carbonyl (C=O) groups excluding carboxylic acids is 10. The normalized spacial score (nSPS) is 23.5. The SMILES string of the molecule is COc1cccc2c1C(=O)c1c(O)c3c(c(O)c1C2=O)C[C@@](O)(C(=O)CO)C[C@@H]3O[C@H]1C[C@H](NC(=O)[C@H](CC(C)C)NC(=O)[C@H](CC(C)C)NC(=O)CNC(=O)[C@@H](NC(=O)[C@@H]2CCCN2C(=O)CNC(C)=O)C(C)C)[C@H](O)[C@H](C)O1. The molecule has 2 aliphatic heterocycles. The van der Waals surface area contributed by atoms with Crippen molar-refractivity contribution in [2.75, 3.05) is 33.4 Å². The van der Waals surface area contributed by atoms with Crippen molar-refractivity contribution in [1.29, 1.82) is 0 Å². The number of nitrogens with zero attached hydrogens (tertiary/aromatic N) is 1. The van der Waals surface area contributed by atoms with Crippen LogP contribution in [-0.2, 0) is 54.3 Å². The van der Waals surface area contributed by atoms with Gasteiger partial charge < -0.3 is 76.5 Å². The molecule has 25 heteroatoms. The number of aromatic hydroxyl groups is 2. The fourth-order valence-corrected chi connectivity index (χ4v) is 10.8. The van der Waals surface area contributed by atoms with Gasteiger partial charge in [-0.25, -0.2) is 0 Å². The van der Waals surface area contributed by atoms with E-state index in [2.05, 4.69) is 31.9 Å². The van der Waals surface area contributed by atoms with Gasteiger partial charge in [0.25, 0.3) is 0 Å². The molecule has 6 rings (SSSR count). The van der Waals surface area contributed by atoms with Crippen molar-refractivity contribution in [3.05, 3.63) is 51.6 Å². The van der Waals surface area contributed by atoms with Crippen LogP contribution in [0.4, 0.5) is 0 Å². The molecule has 2 saturated heterocycles. The van der Waals surface area contributed by atoms with Crippen LogP contribution in [0.25, 0.3) is 0 Å². The Labute approximate surface area is 462 Å².